The van der Waals surface area contributed by atoms with Crippen molar-refractivity contribution in [2.24, 2.45) is 0 Å². The van der Waals surface area contributed by atoms with Crippen LogP contribution in [0.5, 0.6) is 0 Å². The first-order valence-electron chi connectivity index (χ1n) is 15.8. The number of anilines is 1. The topological polar surface area (TPSA) is 110 Å². The van der Waals surface area contributed by atoms with E-state index in [2.05, 4.69) is 5.10 Å². The van der Waals surface area contributed by atoms with E-state index in [0.29, 0.717) is 24.3 Å². The molecule has 10 nitrogen and oxygen atoms in total. The maximum Gasteiger partial charge on any atom is 0.414 e. The van der Waals surface area contributed by atoms with Gasteiger partial charge in [0.25, 0.3) is 0 Å². The quantitative estimate of drug-likeness (QED) is 0.192. The van der Waals surface area contributed by atoms with E-state index in [0.717, 1.165) is 46.5 Å². The molecule has 1 atom stereocenters. The predicted octanol–water partition coefficient (Wildman–Crippen LogP) is 7.33. The van der Waals surface area contributed by atoms with Crippen molar-refractivity contribution in [3.63, 3.8) is 0 Å². The Morgan fingerprint density at radius 3 is 2.28 bits per heavy atom. The van der Waals surface area contributed by atoms with Gasteiger partial charge >= 0.3 is 6.09 Å². The number of hydrogen-bond donors (Lipinski definition) is 0. The first-order valence-corrected chi connectivity index (χ1v) is 15.8. The fourth-order valence-corrected chi connectivity index (χ4v) is 5.64. The standard InChI is InChI=1S/C36H42N6O4/c1-8-20-40(35(45)46-36(5,6)7)23(2)14-18-31-32(27-15-16-27)34(41(24(3)43)25(4)44)42-33(39-31)29(22-38-42)28-17-19-30(37-21-28)26-12-10-9-11-13-26/h8-13,17,19-23,27H,14-16,18H2,1-7H3/b20-8-/t23-/m1/s1. The number of fused-ring (bicyclic) bond motifs is 1. The molecule has 3 aromatic heterocycles. The number of ether oxygens (including phenoxy) is 1. The number of aromatic nitrogens is 4. The molecular formula is C36H42N6O4. The third-order valence-electron chi connectivity index (χ3n) is 7.90. The van der Waals surface area contributed by atoms with Crippen molar-refractivity contribution in [3.8, 4) is 22.4 Å². The van der Waals surface area contributed by atoms with E-state index in [4.69, 9.17) is 14.7 Å². The van der Waals surface area contributed by atoms with Gasteiger partial charge in [0.2, 0.25) is 11.8 Å². The van der Waals surface area contributed by atoms with E-state index >= 15 is 0 Å². The Morgan fingerprint density at radius 1 is 1.02 bits per heavy atom. The number of carbonyl (C=O) groups excluding carboxylic acids is 3. The van der Waals surface area contributed by atoms with Crippen LogP contribution in [0.3, 0.4) is 0 Å². The molecule has 0 N–H and O–H groups in total. The number of pyridine rings is 1. The SMILES string of the molecule is C/C=C\N(C(=O)OC(C)(C)C)[C@H](C)CCc1nc2c(-c3ccc(-c4ccccc4)nc3)cnn2c(N(C(C)=O)C(C)=O)c1C1CC1. The molecule has 0 unspecified atom stereocenters. The molecule has 1 aromatic carbocycles. The predicted molar refractivity (Wildman–Crippen MR) is 178 cm³/mol. The van der Waals surface area contributed by atoms with Gasteiger partial charge in [0.05, 0.1) is 17.6 Å². The number of aryl methyl sites for hydroxylation is 1. The lowest BCUT2D eigenvalue weighted by Crippen LogP contribution is -2.39. The van der Waals surface area contributed by atoms with E-state index in [1.165, 1.54) is 18.7 Å². The average Bonchev–Trinajstić information content (AvgIpc) is 3.76. The highest BCUT2D eigenvalue weighted by Crippen LogP contribution is 2.47. The van der Waals surface area contributed by atoms with Crippen LogP contribution in [-0.2, 0) is 20.7 Å². The lowest BCUT2D eigenvalue weighted by molar-refractivity contribution is -0.124. The fraction of sp³-hybridized carbons (Fsp3) is 0.389. The maximum atomic E-state index is 13.1. The Bertz CT molecular complexity index is 1750. The van der Waals surface area contributed by atoms with Crippen LogP contribution in [0.25, 0.3) is 28.0 Å². The summed E-state index contributed by atoms with van der Waals surface area (Å²) in [5, 5.41) is 4.68. The molecule has 3 heterocycles. The van der Waals surface area contributed by atoms with Crippen LogP contribution in [0.2, 0.25) is 0 Å². The summed E-state index contributed by atoms with van der Waals surface area (Å²) in [6.07, 6.45) is 9.55. The van der Waals surface area contributed by atoms with Gasteiger partial charge in [0, 0.05) is 54.5 Å². The van der Waals surface area contributed by atoms with Crippen LogP contribution in [0.4, 0.5) is 10.6 Å². The van der Waals surface area contributed by atoms with Crippen LogP contribution in [0, 0.1) is 0 Å². The molecular weight excluding hydrogens is 580 g/mol. The summed E-state index contributed by atoms with van der Waals surface area (Å²) < 4.78 is 7.29. The number of carbonyl (C=O) groups is 3. The molecule has 5 rings (SSSR count). The van der Waals surface area contributed by atoms with Crippen molar-refractivity contribution < 1.29 is 19.1 Å². The van der Waals surface area contributed by atoms with Crippen LogP contribution in [0.15, 0.2) is 67.1 Å². The minimum Gasteiger partial charge on any atom is -0.443 e. The summed E-state index contributed by atoms with van der Waals surface area (Å²) in [4.78, 5) is 51.7. The van der Waals surface area contributed by atoms with Crippen LogP contribution in [-0.4, -0.2) is 54.0 Å². The molecule has 10 heteroatoms. The van der Waals surface area contributed by atoms with Gasteiger partial charge in [0.15, 0.2) is 11.5 Å². The Balaban J connectivity index is 1.59. The van der Waals surface area contributed by atoms with Crippen molar-refractivity contribution in [2.45, 2.75) is 91.7 Å². The maximum absolute atomic E-state index is 13.1. The summed E-state index contributed by atoms with van der Waals surface area (Å²) in [6.45, 7) is 12.1. The summed E-state index contributed by atoms with van der Waals surface area (Å²) >= 11 is 0. The minimum atomic E-state index is -0.632. The molecule has 0 spiro atoms. The van der Waals surface area contributed by atoms with Gasteiger partial charge in [-0.05, 0) is 72.3 Å². The highest BCUT2D eigenvalue weighted by Gasteiger charge is 2.36. The number of nitrogens with zero attached hydrogens (tertiary/aromatic N) is 6. The van der Waals surface area contributed by atoms with Gasteiger partial charge in [-0.25, -0.2) is 14.7 Å². The first kappa shape index (κ1) is 32.5. The summed E-state index contributed by atoms with van der Waals surface area (Å²) in [5.74, 6) is -0.198. The van der Waals surface area contributed by atoms with E-state index in [1.807, 2.05) is 83.2 Å². The lowest BCUT2D eigenvalue weighted by Gasteiger charge is -2.29. The smallest absolute Gasteiger partial charge is 0.414 e. The van der Waals surface area contributed by atoms with Crippen molar-refractivity contribution in [2.75, 3.05) is 4.90 Å². The molecule has 1 saturated carbocycles. The van der Waals surface area contributed by atoms with E-state index in [9.17, 15) is 14.4 Å². The Hall–Kier alpha value is -4.86. The Morgan fingerprint density at radius 2 is 1.72 bits per heavy atom. The van der Waals surface area contributed by atoms with Crippen molar-refractivity contribution >= 4 is 29.4 Å². The number of rotatable bonds is 9. The molecule has 0 saturated heterocycles. The van der Waals surface area contributed by atoms with E-state index in [1.54, 1.807) is 28.0 Å². The largest absolute Gasteiger partial charge is 0.443 e. The molecule has 1 fully saturated rings. The van der Waals surface area contributed by atoms with Crippen molar-refractivity contribution in [1.82, 2.24) is 24.5 Å². The monoisotopic (exact) mass is 622 g/mol. The molecule has 1 aliphatic rings. The van der Waals surface area contributed by atoms with Gasteiger partial charge in [-0.15, -0.1) is 0 Å². The summed E-state index contributed by atoms with van der Waals surface area (Å²) in [7, 11) is 0. The molecule has 0 bridgehead atoms. The highest BCUT2D eigenvalue weighted by atomic mass is 16.6. The third kappa shape index (κ3) is 7.01. The van der Waals surface area contributed by atoms with Gasteiger partial charge in [0.1, 0.15) is 5.60 Å². The minimum absolute atomic E-state index is 0.148. The molecule has 0 radical (unpaired) electrons. The number of benzene rings is 1. The molecule has 3 amide bonds. The Labute approximate surface area is 270 Å². The Kier molecular flexibility index (Phi) is 9.37. The van der Waals surface area contributed by atoms with Gasteiger partial charge < -0.3 is 4.74 Å². The van der Waals surface area contributed by atoms with Crippen molar-refractivity contribution in [3.05, 3.63) is 78.4 Å². The van der Waals surface area contributed by atoms with Crippen molar-refractivity contribution in [1.29, 1.82) is 0 Å². The van der Waals surface area contributed by atoms with E-state index < -0.39 is 23.5 Å². The molecule has 46 heavy (non-hydrogen) atoms. The molecule has 1 aliphatic carbocycles. The molecule has 0 aliphatic heterocycles. The average molecular weight is 623 g/mol. The zero-order valence-corrected chi connectivity index (χ0v) is 27.7. The normalized spacial score (nSPS) is 14.0. The zero-order chi connectivity index (χ0) is 33.2. The second-order valence-corrected chi connectivity index (χ2v) is 12.8. The van der Waals surface area contributed by atoms with E-state index in [-0.39, 0.29) is 12.0 Å². The number of hydrogen-bond acceptors (Lipinski definition) is 7. The summed E-state index contributed by atoms with van der Waals surface area (Å²) in [6, 6.07) is 13.7. The van der Waals surface area contributed by atoms with Gasteiger partial charge in [-0.3, -0.25) is 19.5 Å². The van der Waals surface area contributed by atoms with Crippen LogP contribution in [0.1, 0.15) is 84.9 Å². The highest BCUT2D eigenvalue weighted by molar-refractivity contribution is 6.13. The summed E-state index contributed by atoms with van der Waals surface area (Å²) in [5.41, 5.74) is 4.94. The second kappa shape index (κ2) is 13.2. The first-order chi connectivity index (χ1) is 21.9. The third-order valence-corrected chi connectivity index (χ3v) is 7.90. The zero-order valence-electron chi connectivity index (χ0n) is 27.7. The molecule has 240 valence electrons. The van der Waals surface area contributed by atoms with Crippen LogP contribution < -0.4 is 4.90 Å². The van der Waals surface area contributed by atoms with Gasteiger partial charge in [-0.2, -0.15) is 9.61 Å². The lowest BCUT2D eigenvalue weighted by atomic mass is 10.0. The number of amides is 3. The molecule has 4 aromatic rings. The second-order valence-electron chi connectivity index (χ2n) is 12.8. The number of allylic oxidation sites excluding steroid dienone is 1. The van der Waals surface area contributed by atoms with Gasteiger partial charge in [-0.1, -0.05) is 42.5 Å². The van der Waals surface area contributed by atoms with Crippen LogP contribution >= 0.6 is 0 Å². The number of imide groups is 1. The fourth-order valence-electron chi connectivity index (χ4n) is 5.64.